The van der Waals surface area contributed by atoms with Crippen LogP contribution in [-0.4, -0.2) is 4.98 Å². The molecule has 0 atom stereocenters. The number of pyridine rings is 1. The van der Waals surface area contributed by atoms with E-state index in [1.54, 1.807) is 5.56 Å². The van der Waals surface area contributed by atoms with Gasteiger partial charge >= 0.3 is 0 Å². The molecule has 0 aliphatic heterocycles. The van der Waals surface area contributed by atoms with Gasteiger partial charge in [0.1, 0.15) is 0 Å². The first-order valence-electron chi connectivity index (χ1n) is 11.6. The molecule has 1 heteroatoms. The van der Waals surface area contributed by atoms with E-state index in [0.717, 1.165) is 18.3 Å². The zero-order valence-electron chi connectivity index (χ0n) is 17.3. The molecule has 0 radical (unpaired) electrons. The average Bonchev–Trinajstić information content (AvgIpc) is 3.23. The van der Waals surface area contributed by atoms with Crippen LogP contribution in [0.2, 0.25) is 0 Å². The number of hydrogen-bond acceptors (Lipinski definition) is 1. The number of benzene rings is 1. The van der Waals surface area contributed by atoms with Crippen LogP contribution < -0.4 is 0 Å². The fraction of sp³-hybridized carbons (Fsp3) is 0.519. The minimum absolute atomic E-state index is 0.669. The number of allylic oxidation sites excluding steroid dienone is 1. The van der Waals surface area contributed by atoms with E-state index in [1.165, 1.54) is 85.9 Å². The van der Waals surface area contributed by atoms with Gasteiger partial charge in [-0.1, -0.05) is 69.4 Å². The Morgan fingerprint density at radius 2 is 1.68 bits per heavy atom. The standard InChI is InChI=1S/C27H33N/c1-19-13-15-20(16-14-19)23-17-26(22-7-3-2-4-8-22)28-27(18-23)25-12-6-10-21-9-5-11-24(21)25/h5-6,10-12,17-20,22H,2-4,7-9,13-16H2,1H3. The van der Waals surface area contributed by atoms with E-state index in [2.05, 4.69) is 49.4 Å². The molecule has 0 spiro atoms. The Morgan fingerprint density at radius 1 is 0.857 bits per heavy atom. The maximum atomic E-state index is 5.28. The van der Waals surface area contributed by atoms with Crippen molar-refractivity contribution in [2.45, 2.75) is 83.0 Å². The third kappa shape index (κ3) is 3.56. The SMILES string of the molecule is CC1CCC(c2cc(-c3cccc4c3C=CC4)nc(C3CCCCC3)c2)CC1. The zero-order valence-corrected chi connectivity index (χ0v) is 17.3. The van der Waals surface area contributed by atoms with Crippen LogP contribution >= 0.6 is 0 Å². The molecular formula is C27H33N. The average molecular weight is 372 g/mol. The molecule has 3 aliphatic carbocycles. The van der Waals surface area contributed by atoms with Crippen molar-refractivity contribution in [2.75, 3.05) is 0 Å². The molecule has 0 unspecified atom stereocenters. The summed E-state index contributed by atoms with van der Waals surface area (Å²) in [5.41, 5.74) is 8.37. The van der Waals surface area contributed by atoms with Crippen LogP contribution in [0.15, 0.2) is 36.4 Å². The maximum Gasteiger partial charge on any atom is 0.0714 e. The van der Waals surface area contributed by atoms with Gasteiger partial charge in [0, 0.05) is 17.2 Å². The molecule has 5 rings (SSSR count). The van der Waals surface area contributed by atoms with Gasteiger partial charge in [-0.15, -0.1) is 0 Å². The van der Waals surface area contributed by atoms with Crippen molar-refractivity contribution in [3.05, 3.63) is 58.8 Å². The maximum absolute atomic E-state index is 5.28. The van der Waals surface area contributed by atoms with Crippen molar-refractivity contribution >= 4 is 6.08 Å². The molecule has 2 fully saturated rings. The summed E-state index contributed by atoms with van der Waals surface area (Å²) < 4.78 is 0. The smallest absolute Gasteiger partial charge is 0.0714 e. The summed E-state index contributed by atoms with van der Waals surface area (Å²) in [6.45, 7) is 2.42. The highest BCUT2D eigenvalue weighted by Gasteiger charge is 2.24. The highest BCUT2D eigenvalue weighted by Crippen LogP contribution is 2.40. The fourth-order valence-electron chi connectivity index (χ4n) is 5.66. The van der Waals surface area contributed by atoms with Crippen LogP contribution in [0.1, 0.15) is 98.9 Å². The van der Waals surface area contributed by atoms with Crippen LogP contribution in [0.5, 0.6) is 0 Å². The van der Waals surface area contributed by atoms with Crippen molar-refractivity contribution in [2.24, 2.45) is 5.92 Å². The minimum Gasteiger partial charge on any atom is -0.253 e. The van der Waals surface area contributed by atoms with Crippen LogP contribution in [0.3, 0.4) is 0 Å². The molecule has 0 amide bonds. The second kappa shape index (κ2) is 7.85. The Kier molecular flexibility index (Phi) is 5.09. The number of nitrogens with zero attached hydrogens (tertiary/aromatic N) is 1. The largest absolute Gasteiger partial charge is 0.253 e. The Balaban J connectivity index is 1.57. The number of fused-ring (bicyclic) bond motifs is 1. The topological polar surface area (TPSA) is 12.9 Å². The highest BCUT2D eigenvalue weighted by atomic mass is 14.7. The minimum atomic E-state index is 0.669. The molecule has 146 valence electrons. The predicted molar refractivity (Wildman–Crippen MR) is 119 cm³/mol. The molecule has 28 heavy (non-hydrogen) atoms. The Bertz CT molecular complexity index is 864. The summed E-state index contributed by atoms with van der Waals surface area (Å²) in [7, 11) is 0. The van der Waals surface area contributed by atoms with Gasteiger partial charge in [-0.3, -0.25) is 4.98 Å². The second-order valence-electron chi connectivity index (χ2n) is 9.49. The lowest BCUT2D eigenvalue weighted by Gasteiger charge is -2.28. The van der Waals surface area contributed by atoms with Gasteiger partial charge in [-0.25, -0.2) is 0 Å². The highest BCUT2D eigenvalue weighted by molar-refractivity contribution is 5.78. The quantitative estimate of drug-likeness (QED) is 0.539. The van der Waals surface area contributed by atoms with Gasteiger partial charge in [0.2, 0.25) is 0 Å². The van der Waals surface area contributed by atoms with E-state index in [-0.39, 0.29) is 0 Å². The van der Waals surface area contributed by atoms with Gasteiger partial charge in [0.15, 0.2) is 0 Å². The first-order chi connectivity index (χ1) is 13.8. The van der Waals surface area contributed by atoms with Crippen molar-refractivity contribution in [1.82, 2.24) is 4.98 Å². The van der Waals surface area contributed by atoms with Crippen LogP contribution in [0.4, 0.5) is 0 Å². The molecule has 1 nitrogen and oxygen atoms in total. The molecule has 3 aliphatic rings. The van der Waals surface area contributed by atoms with Crippen molar-refractivity contribution < 1.29 is 0 Å². The lowest BCUT2D eigenvalue weighted by molar-refractivity contribution is 0.347. The second-order valence-corrected chi connectivity index (χ2v) is 9.49. The van der Waals surface area contributed by atoms with Crippen LogP contribution in [0.25, 0.3) is 17.3 Å². The van der Waals surface area contributed by atoms with Gasteiger partial charge in [-0.05, 0) is 72.8 Å². The molecule has 1 heterocycles. The van der Waals surface area contributed by atoms with Gasteiger partial charge in [0.25, 0.3) is 0 Å². The van der Waals surface area contributed by atoms with E-state index in [1.807, 2.05) is 0 Å². The van der Waals surface area contributed by atoms with E-state index in [9.17, 15) is 0 Å². The number of aromatic nitrogens is 1. The molecule has 0 bridgehead atoms. The summed E-state index contributed by atoms with van der Waals surface area (Å²) in [5, 5.41) is 0. The normalized spacial score (nSPS) is 25.0. The predicted octanol–water partition coefficient (Wildman–Crippen LogP) is 7.66. The lowest BCUT2D eigenvalue weighted by atomic mass is 9.78. The Labute approximate surface area is 170 Å². The van der Waals surface area contributed by atoms with Crippen LogP contribution in [0, 0.1) is 5.92 Å². The van der Waals surface area contributed by atoms with Crippen molar-refractivity contribution in [3.63, 3.8) is 0 Å². The molecule has 0 N–H and O–H groups in total. The number of rotatable bonds is 3. The van der Waals surface area contributed by atoms with E-state index in [0.29, 0.717) is 5.92 Å². The Morgan fingerprint density at radius 3 is 2.50 bits per heavy atom. The van der Waals surface area contributed by atoms with Gasteiger partial charge in [-0.2, -0.15) is 0 Å². The summed E-state index contributed by atoms with van der Waals surface area (Å²) in [4.78, 5) is 5.28. The molecular weight excluding hydrogens is 338 g/mol. The van der Waals surface area contributed by atoms with Gasteiger partial charge in [0.05, 0.1) is 5.69 Å². The van der Waals surface area contributed by atoms with E-state index >= 15 is 0 Å². The first-order valence-corrected chi connectivity index (χ1v) is 11.6. The Hall–Kier alpha value is -1.89. The monoisotopic (exact) mass is 371 g/mol. The van der Waals surface area contributed by atoms with Crippen molar-refractivity contribution in [3.8, 4) is 11.3 Å². The molecule has 0 saturated heterocycles. The third-order valence-corrected chi connectivity index (χ3v) is 7.47. The lowest BCUT2D eigenvalue weighted by Crippen LogP contribution is -2.13. The summed E-state index contributed by atoms with van der Waals surface area (Å²) in [6, 6.07) is 11.7. The molecule has 1 aromatic heterocycles. The number of hydrogen-bond donors (Lipinski definition) is 0. The first kappa shape index (κ1) is 18.2. The summed E-state index contributed by atoms with van der Waals surface area (Å²) in [6.07, 6.45) is 17.9. The summed E-state index contributed by atoms with van der Waals surface area (Å²) >= 11 is 0. The van der Waals surface area contributed by atoms with Crippen LogP contribution in [-0.2, 0) is 6.42 Å². The molecule has 1 aromatic carbocycles. The van der Waals surface area contributed by atoms with Gasteiger partial charge < -0.3 is 0 Å². The summed E-state index contributed by atoms with van der Waals surface area (Å²) in [5.74, 6) is 2.30. The van der Waals surface area contributed by atoms with Crippen molar-refractivity contribution in [1.29, 1.82) is 0 Å². The van der Waals surface area contributed by atoms with E-state index in [4.69, 9.17) is 4.98 Å². The molecule has 2 saturated carbocycles. The molecule has 2 aromatic rings. The zero-order chi connectivity index (χ0) is 18.9. The van der Waals surface area contributed by atoms with E-state index < -0.39 is 0 Å². The third-order valence-electron chi connectivity index (χ3n) is 7.47. The fourth-order valence-corrected chi connectivity index (χ4v) is 5.66.